The van der Waals surface area contributed by atoms with E-state index in [0.717, 1.165) is 21.7 Å². The highest BCUT2D eigenvalue weighted by Crippen LogP contribution is 2.34. The van der Waals surface area contributed by atoms with Crippen LogP contribution in [-0.2, 0) is 22.4 Å². The number of rotatable bonds is 10. The van der Waals surface area contributed by atoms with Gasteiger partial charge in [0.1, 0.15) is 11.4 Å². The molecular formula is C25H29FN4O2S. The van der Waals surface area contributed by atoms with Crippen molar-refractivity contribution in [1.29, 1.82) is 0 Å². The second kappa shape index (κ2) is 10.7. The van der Waals surface area contributed by atoms with Crippen molar-refractivity contribution < 1.29 is 14.0 Å². The third-order valence-corrected chi connectivity index (χ3v) is 7.01. The van der Waals surface area contributed by atoms with Gasteiger partial charge in [0.15, 0.2) is 0 Å². The Bertz CT molecular complexity index is 1100. The summed E-state index contributed by atoms with van der Waals surface area (Å²) in [6, 6.07) is 15.8. The number of carbonyl (C=O) groups is 2. The number of hydrogen-bond acceptors (Lipinski definition) is 5. The zero-order chi connectivity index (χ0) is 24.0. The maximum atomic E-state index is 13.4. The van der Waals surface area contributed by atoms with Crippen molar-refractivity contribution >= 4 is 23.2 Å². The van der Waals surface area contributed by atoms with Crippen LogP contribution in [0.5, 0.6) is 0 Å². The third-order valence-electron chi connectivity index (χ3n) is 5.81. The van der Waals surface area contributed by atoms with Crippen molar-refractivity contribution in [2.75, 3.05) is 6.54 Å². The first-order valence-electron chi connectivity index (χ1n) is 10.9. The Kier molecular flexibility index (Phi) is 7.94. The number of thiazole rings is 1. The van der Waals surface area contributed by atoms with Gasteiger partial charge in [0.25, 0.3) is 0 Å². The molecule has 0 radical (unpaired) electrons. The molecule has 0 aliphatic carbocycles. The molecule has 33 heavy (non-hydrogen) atoms. The summed E-state index contributed by atoms with van der Waals surface area (Å²) in [6.45, 7) is 3.73. The molecule has 1 heterocycles. The van der Waals surface area contributed by atoms with Gasteiger partial charge in [-0.05, 0) is 43.1 Å². The second-order valence-corrected chi connectivity index (χ2v) is 9.15. The Morgan fingerprint density at radius 3 is 2.39 bits per heavy atom. The number of primary amides is 1. The smallest absolute Gasteiger partial charge is 0.243 e. The number of benzene rings is 2. The largest absolute Gasteiger partial charge is 0.368 e. The first kappa shape index (κ1) is 24.5. The summed E-state index contributed by atoms with van der Waals surface area (Å²) in [5.74, 6) is -1.69. The van der Waals surface area contributed by atoms with Crippen molar-refractivity contribution in [3.8, 4) is 10.4 Å². The lowest BCUT2D eigenvalue weighted by atomic mass is 9.76. The number of halogens is 1. The fourth-order valence-electron chi connectivity index (χ4n) is 3.97. The zero-order valence-corrected chi connectivity index (χ0v) is 19.6. The maximum absolute atomic E-state index is 13.4. The zero-order valence-electron chi connectivity index (χ0n) is 18.8. The second-order valence-electron chi connectivity index (χ2n) is 8.07. The Morgan fingerprint density at radius 1 is 1.15 bits per heavy atom. The van der Waals surface area contributed by atoms with Crippen LogP contribution in [-0.4, -0.2) is 28.9 Å². The predicted molar refractivity (Wildman–Crippen MR) is 129 cm³/mol. The maximum Gasteiger partial charge on any atom is 0.243 e. The highest BCUT2D eigenvalue weighted by atomic mass is 32.1. The lowest BCUT2D eigenvalue weighted by Gasteiger charge is -2.38. The molecular weight excluding hydrogens is 439 g/mol. The SMILES string of the molecule is CCC(=O)NC(Cc1nc(C)c(-c2ccc(F)cc2)s1)(C(N)=O)[C@H](CN)Cc1ccccc1. The highest BCUT2D eigenvalue weighted by Gasteiger charge is 2.45. The van der Waals surface area contributed by atoms with Crippen LogP contribution in [0.3, 0.4) is 0 Å². The normalized spacial score (nSPS) is 13.8. The first-order chi connectivity index (χ1) is 15.8. The van der Waals surface area contributed by atoms with Crippen molar-refractivity contribution in [3.05, 3.63) is 76.7 Å². The topological polar surface area (TPSA) is 111 Å². The Balaban J connectivity index is 2.02. The van der Waals surface area contributed by atoms with Gasteiger partial charge >= 0.3 is 0 Å². The van der Waals surface area contributed by atoms with E-state index < -0.39 is 17.4 Å². The van der Waals surface area contributed by atoms with Crippen LogP contribution >= 0.6 is 11.3 Å². The van der Waals surface area contributed by atoms with E-state index in [1.54, 1.807) is 19.1 Å². The molecule has 1 unspecified atom stereocenters. The first-order valence-corrected chi connectivity index (χ1v) is 11.7. The van der Waals surface area contributed by atoms with Crippen LogP contribution in [0.2, 0.25) is 0 Å². The number of nitrogens with zero attached hydrogens (tertiary/aromatic N) is 1. The number of nitrogens with one attached hydrogen (secondary N) is 1. The van der Waals surface area contributed by atoms with Crippen molar-refractivity contribution in [2.45, 2.75) is 38.6 Å². The minimum absolute atomic E-state index is 0.121. The third kappa shape index (κ3) is 5.64. The number of aryl methyl sites for hydroxylation is 1. The van der Waals surface area contributed by atoms with E-state index in [0.29, 0.717) is 11.4 Å². The van der Waals surface area contributed by atoms with Gasteiger partial charge < -0.3 is 16.8 Å². The molecule has 0 spiro atoms. The number of hydrogen-bond donors (Lipinski definition) is 3. The number of carbonyl (C=O) groups excluding carboxylic acids is 2. The van der Waals surface area contributed by atoms with Gasteiger partial charge in [-0.2, -0.15) is 0 Å². The molecule has 174 valence electrons. The van der Waals surface area contributed by atoms with Crippen LogP contribution in [0.25, 0.3) is 10.4 Å². The van der Waals surface area contributed by atoms with Gasteiger partial charge in [0.2, 0.25) is 11.8 Å². The van der Waals surface area contributed by atoms with Crippen LogP contribution < -0.4 is 16.8 Å². The molecule has 5 N–H and O–H groups in total. The molecule has 0 bridgehead atoms. The number of nitrogens with two attached hydrogens (primary N) is 2. The van der Waals surface area contributed by atoms with Gasteiger partial charge in [-0.25, -0.2) is 9.37 Å². The lowest BCUT2D eigenvalue weighted by molar-refractivity contribution is -0.133. The van der Waals surface area contributed by atoms with Crippen LogP contribution in [0.15, 0.2) is 54.6 Å². The summed E-state index contributed by atoms with van der Waals surface area (Å²) in [7, 11) is 0. The summed E-state index contributed by atoms with van der Waals surface area (Å²) in [6.07, 6.45) is 0.796. The van der Waals surface area contributed by atoms with Crippen LogP contribution in [0.4, 0.5) is 4.39 Å². The predicted octanol–water partition coefficient (Wildman–Crippen LogP) is 3.37. The summed E-state index contributed by atoms with van der Waals surface area (Å²) in [4.78, 5) is 31.0. The molecule has 8 heteroatoms. The van der Waals surface area contributed by atoms with Crippen LogP contribution in [0.1, 0.15) is 29.6 Å². The van der Waals surface area contributed by atoms with E-state index in [4.69, 9.17) is 11.5 Å². The summed E-state index contributed by atoms with van der Waals surface area (Å²) in [5.41, 5.74) is 13.3. The molecule has 0 fully saturated rings. The molecule has 2 atom stereocenters. The number of aromatic nitrogens is 1. The molecule has 0 saturated carbocycles. The molecule has 0 aliphatic rings. The lowest BCUT2D eigenvalue weighted by Crippen LogP contribution is -2.65. The van der Waals surface area contributed by atoms with Crippen molar-refractivity contribution in [2.24, 2.45) is 17.4 Å². The molecule has 3 rings (SSSR count). The van der Waals surface area contributed by atoms with E-state index in [1.165, 1.54) is 23.5 Å². The average Bonchev–Trinajstić information content (AvgIpc) is 3.17. The fourth-order valence-corrected chi connectivity index (χ4v) is 5.14. The molecule has 0 aliphatic heterocycles. The minimum Gasteiger partial charge on any atom is -0.368 e. The number of amides is 2. The van der Waals surface area contributed by atoms with E-state index >= 15 is 0 Å². The summed E-state index contributed by atoms with van der Waals surface area (Å²) in [5, 5.41) is 3.55. The molecule has 6 nitrogen and oxygen atoms in total. The minimum atomic E-state index is -1.40. The van der Waals surface area contributed by atoms with Gasteiger partial charge in [-0.15, -0.1) is 11.3 Å². The highest BCUT2D eigenvalue weighted by molar-refractivity contribution is 7.15. The van der Waals surface area contributed by atoms with E-state index in [1.807, 2.05) is 37.3 Å². The molecule has 2 amide bonds. The molecule has 3 aromatic rings. The Hall–Kier alpha value is -3.10. The van der Waals surface area contributed by atoms with Gasteiger partial charge in [0, 0.05) is 18.8 Å². The quantitative estimate of drug-likeness (QED) is 0.424. The van der Waals surface area contributed by atoms with E-state index in [-0.39, 0.29) is 31.1 Å². The van der Waals surface area contributed by atoms with Gasteiger partial charge in [-0.3, -0.25) is 9.59 Å². The van der Waals surface area contributed by atoms with E-state index in [9.17, 15) is 14.0 Å². The van der Waals surface area contributed by atoms with Gasteiger partial charge in [-0.1, -0.05) is 49.4 Å². The molecule has 1 aromatic heterocycles. The van der Waals surface area contributed by atoms with E-state index in [2.05, 4.69) is 10.3 Å². The monoisotopic (exact) mass is 468 g/mol. The van der Waals surface area contributed by atoms with Crippen molar-refractivity contribution in [1.82, 2.24) is 10.3 Å². The fraction of sp³-hybridized carbons (Fsp3) is 0.320. The van der Waals surface area contributed by atoms with Gasteiger partial charge in [0.05, 0.1) is 15.6 Å². The summed E-state index contributed by atoms with van der Waals surface area (Å²) >= 11 is 1.40. The molecule has 2 aromatic carbocycles. The standard InChI is InChI=1S/C25H29FN4O2S/c1-3-21(31)30-25(24(28)32,19(15-27)13-17-7-5-4-6-8-17)14-22-29-16(2)23(33-22)18-9-11-20(26)12-10-18/h4-12,19H,3,13-15,27H2,1-2H3,(H2,28,32)(H,30,31)/t19-,25?/m0/s1. The van der Waals surface area contributed by atoms with Crippen molar-refractivity contribution in [3.63, 3.8) is 0 Å². The van der Waals surface area contributed by atoms with Crippen LogP contribution in [0, 0.1) is 18.7 Å². The molecule has 0 saturated heterocycles. The average molecular weight is 469 g/mol. The Morgan fingerprint density at radius 2 is 1.82 bits per heavy atom. The summed E-state index contributed by atoms with van der Waals surface area (Å²) < 4.78 is 13.4. The Labute approximate surface area is 197 Å².